The number of rotatable bonds is 6. The standard InChI is InChI=1S/C18H28N6O2/c1-4-5-11-26-18(25)24-9-6-7-15(12-24)17-21-20-16(22(17)3)13-23-10-8-19-14(23)2/h8,10,15H,4-7,9,11-13H2,1-3H3/t15-/m1/s1. The van der Waals surface area contributed by atoms with Crippen LogP contribution in [-0.2, 0) is 18.3 Å². The first-order valence-electron chi connectivity index (χ1n) is 9.37. The van der Waals surface area contributed by atoms with Crippen molar-refractivity contribution >= 4 is 6.09 Å². The Bertz CT molecular complexity index is 738. The maximum absolute atomic E-state index is 12.2. The number of amides is 1. The Morgan fingerprint density at radius 2 is 2.23 bits per heavy atom. The van der Waals surface area contributed by atoms with Crippen LogP contribution in [0, 0.1) is 6.92 Å². The van der Waals surface area contributed by atoms with E-state index in [1.54, 1.807) is 11.1 Å². The van der Waals surface area contributed by atoms with E-state index in [9.17, 15) is 4.79 Å². The van der Waals surface area contributed by atoms with Crippen LogP contribution in [0.3, 0.4) is 0 Å². The number of hydrogen-bond acceptors (Lipinski definition) is 5. The minimum absolute atomic E-state index is 0.192. The molecule has 2 aromatic rings. The predicted molar refractivity (Wildman–Crippen MR) is 96.9 cm³/mol. The second-order valence-corrected chi connectivity index (χ2v) is 6.89. The topological polar surface area (TPSA) is 78.1 Å². The maximum Gasteiger partial charge on any atom is 0.409 e. The summed E-state index contributed by atoms with van der Waals surface area (Å²) in [5.74, 6) is 2.97. The van der Waals surface area contributed by atoms with E-state index in [4.69, 9.17) is 4.74 Å². The number of likely N-dealkylation sites (tertiary alicyclic amines) is 1. The molecule has 2 aromatic heterocycles. The number of nitrogens with zero attached hydrogens (tertiary/aromatic N) is 6. The number of imidazole rings is 1. The van der Waals surface area contributed by atoms with Crippen molar-refractivity contribution in [3.8, 4) is 0 Å². The molecule has 0 spiro atoms. The zero-order valence-corrected chi connectivity index (χ0v) is 15.9. The van der Waals surface area contributed by atoms with E-state index in [2.05, 4.69) is 26.7 Å². The minimum atomic E-state index is -0.209. The number of carbonyl (C=O) groups is 1. The SMILES string of the molecule is CCCCOC(=O)N1CCC[C@@H](c2nnc(Cn3ccnc3C)n2C)C1. The number of ether oxygens (including phenoxy) is 1. The summed E-state index contributed by atoms with van der Waals surface area (Å²) in [5.41, 5.74) is 0. The lowest BCUT2D eigenvalue weighted by Crippen LogP contribution is -2.40. The highest BCUT2D eigenvalue weighted by Gasteiger charge is 2.29. The Kier molecular flexibility index (Phi) is 5.90. The van der Waals surface area contributed by atoms with Crippen molar-refractivity contribution in [3.05, 3.63) is 29.9 Å². The molecule has 1 saturated heterocycles. The summed E-state index contributed by atoms with van der Waals surface area (Å²) < 4.78 is 9.46. The van der Waals surface area contributed by atoms with Crippen molar-refractivity contribution in [2.45, 2.75) is 52.0 Å². The number of unbranched alkanes of at least 4 members (excludes halogenated alkanes) is 1. The zero-order chi connectivity index (χ0) is 18.5. The van der Waals surface area contributed by atoms with Crippen molar-refractivity contribution in [2.24, 2.45) is 7.05 Å². The van der Waals surface area contributed by atoms with Gasteiger partial charge in [0.2, 0.25) is 0 Å². The molecule has 142 valence electrons. The van der Waals surface area contributed by atoms with E-state index >= 15 is 0 Å². The van der Waals surface area contributed by atoms with Gasteiger partial charge in [-0.25, -0.2) is 9.78 Å². The first kappa shape index (κ1) is 18.4. The average Bonchev–Trinajstić information content (AvgIpc) is 3.22. The van der Waals surface area contributed by atoms with Crippen LogP contribution in [0.4, 0.5) is 4.79 Å². The second-order valence-electron chi connectivity index (χ2n) is 6.89. The number of hydrogen-bond donors (Lipinski definition) is 0. The summed E-state index contributed by atoms with van der Waals surface area (Å²) in [6.45, 7) is 6.59. The Labute approximate surface area is 154 Å². The molecule has 1 amide bonds. The van der Waals surface area contributed by atoms with Crippen LogP contribution < -0.4 is 0 Å². The molecule has 0 radical (unpaired) electrons. The van der Waals surface area contributed by atoms with Crippen LogP contribution in [0.1, 0.15) is 56.0 Å². The first-order chi connectivity index (χ1) is 12.6. The van der Waals surface area contributed by atoms with Crippen LogP contribution in [-0.4, -0.2) is 55.0 Å². The number of aryl methyl sites for hydroxylation is 1. The van der Waals surface area contributed by atoms with Crippen molar-refractivity contribution in [1.29, 1.82) is 0 Å². The zero-order valence-electron chi connectivity index (χ0n) is 15.9. The van der Waals surface area contributed by atoms with E-state index in [1.165, 1.54) is 0 Å². The van der Waals surface area contributed by atoms with E-state index in [0.717, 1.165) is 49.7 Å². The molecule has 1 atom stereocenters. The molecule has 8 heteroatoms. The van der Waals surface area contributed by atoms with E-state index < -0.39 is 0 Å². The highest BCUT2D eigenvalue weighted by atomic mass is 16.6. The van der Waals surface area contributed by atoms with Gasteiger partial charge in [0, 0.05) is 38.4 Å². The molecule has 1 aliphatic rings. The molecule has 3 heterocycles. The third-order valence-electron chi connectivity index (χ3n) is 5.00. The lowest BCUT2D eigenvalue weighted by molar-refractivity contribution is 0.0896. The van der Waals surface area contributed by atoms with Gasteiger partial charge in [-0.05, 0) is 26.2 Å². The van der Waals surface area contributed by atoms with Gasteiger partial charge < -0.3 is 18.8 Å². The number of piperidine rings is 1. The van der Waals surface area contributed by atoms with Crippen LogP contribution in [0.25, 0.3) is 0 Å². The van der Waals surface area contributed by atoms with Gasteiger partial charge >= 0.3 is 6.09 Å². The fourth-order valence-corrected chi connectivity index (χ4v) is 3.34. The van der Waals surface area contributed by atoms with Crippen LogP contribution >= 0.6 is 0 Å². The molecule has 1 fully saturated rings. The Balaban J connectivity index is 1.65. The van der Waals surface area contributed by atoms with Crippen molar-refractivity contribution < 1.29 is 9.53 Å². The molecule has 1 aliphatic heterocycles. The summed E-state index contributed by atoms with van der Waals surface area (Å²) >= 11 is 0. The summed E-state index contributed by atoms with van der Waals surface area (Å²) in [4.78, 5) is 18.3. The molecule has 0 N–H and O–H groups in total. The fourth-order valence-electron chi connectivity index (χ4n) is 3.34. The Morgan fingerprint density at radius 3 is 2.96 bits per heavy atom. The summed E-state index contributed by atoms with van der Waals surface area (Å²) in [6, 6.07) is 0. The summed E-state index contributed by atoms with van der Waals surface area (Å²) in [7, 11) is 2.00. The summed E-state index contributed by atoms with van der Waals surface area (Å²) in [6.07, 6.45) is 7.41. The molecule has 8 nitrogen and oxygen atoms in total. The largest absolute Gasteiger partial charge is 0.449 e. The van der Waals surface area contributed by atoms with Gasteiger partial charge in [0.05, 0.1) is 13.2 Å². The third-order valence-corrected chi connectivity index (χ3v) is 5.00. The van der Waals surface area contributed by atoms with Gasteiger partial charge in [0.15, 0.2) is 5.82 Å². The van der Waals surface area contributed by atoms with Gasteiger partial charge in [-0.2, -0.15) is 0 Å². The van der Waals surface area contributed by atoms with Gasteiger partial charge in [0.1, 0.15) is 11.6 Å². The molecule has 0 bridgehead atoms. The highest BCUT2D eigenvalue weighted by molar-refractivity contribution is 5.67. The molecule has 3 rings (SSSR count). The molecule has 0 saturated carbocycles. The van der Waals surface area contributed by atoms with Crippen LogP contribution in [0.5, 0.6) is 0 Å². The van der Waals surface area contributed by atoms with Crippen molar-refractivity contribution in [2.75, 3.05) is 19.7 Å². The number of aromatic nitrogens is 5. The Morgan fingerprint density at radius 1 is 1.38 bits per heavy atom. The molecule has 0 unspecified atom stereocenters. The van der Waals surface area contributed by atoms with Crippen LogP contribution in [0.15, 0.2) is 12.4 Å². The quantitative estimate of drug-likeness (QED) is 0.740. The molecular weight excluding hydrogens is 332 g/mol. The predicted octanol–water partition coefficient (Wildman–Crippen LogP) is 2.48. The van der Waals surface area contributed by atoms with E-state index in [-0.39, 0.29) is 12.0 Å². The molecule has 26 heavy (non-hydrogen) atoms. The van der Waals surface area contributed by atoms with Gasteiger partial charge in [0.25, 0.3) is 0 Å². The van der Waals surface area contributed by atoms with Crippen LogP contribution in [0.2, 0.25) is 0 Å². The molecule has 0 aromatic carbocycles. The fraction of sp³-hybridized carbons (Fsp3) is 0.667. The third kappa shape index (κ3) is 4.05. The average molecular weight is 360 g/mol. The monoisotopic (exact) mass is 360 g/mol. The number of carbonyl (C=O) groups excluding carboxylic acids is 1. The minimum Gasteiger partial charge on any atom is -0.449 e. The second kappa shape index (κ2) is 8.33. The highest BCUT2D eigenvalue weighted by Crippen LogP contribution is 2.26. The Hall–Kier alpha value is -2.38. The van der Waals surface area contributed by atoms with Gasteiger partial charge in [-0.1, -0.05) is 13.3 Å². The lowest BCUT2D eigenvalue weighted by atomic mass is 9.97. The van der Waals surface area contributed by atoms with Gasteiger partial charge in [-0.15, -0.1) is 10.2 Å². The molecule has 0 aliphatic carbocycles. The van der Waals surface area contributed by atoms with Gasteiger partial charge in [-0.3, -0.25) is 0 Å². The van der Waals surface area contributed by atoms with E-state index in [0.29, 0.717) is 19.7 Å². The van der Waals surface area contributed by atoms with E-state index in [1.807, 2.05) is 24.7 Å². The first-order valence-corrected chi connectivity index (χ1v) is 9.37. The summed E-state index contributed by atoms with van der Waals surface area (Å²) in [5, 5.41) is 8.79. The van der Waals surface area contributed by atoms with Crippen molar-refractivity contribution in [3.63, 3.8) is 0 Å². The maximum atomic E-state index is 12.2. The smallest absolute Gasteiger partial charge is 0.409 e. The lowest BCUT2D eigenvalue weighted by Gasteiger charge is -2.31. The molecular formula is C18H28N6O2. The normalized spacial score (nSPS) is 17.5. The van der Waals surface area contributed by atoms with Crippen molar-refractivity contribution in [1.82, 2.24) is 29.2 Å².